The van der Waals surface area contributed by atoms with E-state index in [1.807, 2.05) is 12.1 Å². The fourth-order valence-electron chi connectivity index (χ4n) is 1.55. The Hall–Kier alpha value is -2.21. The normalized spacial score (nSPS) is 10.0. The van der Waals surface area contributed by atoms with Crippen LogP contribution < -0.4 is 5.32 Å². The molecule has 0 atom stereocenters. The van der Waals surface area contributed by atoms with Gasteiger partial charge in [0.05, 0.1) is 23.3 Å². The van der Waals surface area contributed by atoms with E-state index in [0.29, 0.717) is 10.8 Å². The van der Waals surface area contributed by atoms with Crippen molar-refractivity contribution < 1.29 is 9.53 Å². The van der Waals surface area contributed by atoms with Crippen LogP contribution in [0.4, 0.5) is 5.13 Å². The van der Waals surface area contributed by atoms with Gasteiger partial charge in [-0.1, -0.05) is 17.9 Å². The molecule has 0 aromatic carbocycles. The summed E-state index contributed by atoms with van der Waals surface area (Å²) >= 11 is 1.45. The second kappa shape index (κ2) is 5.62. The van der Waals surface area contributed by atoms with Gasteiger partial charge in [-0.25, -0.2) is 9.78 Å². The summed E-state index contributed by atoms with van der Waals surface area (Å²) in [5, 5.41) is 3.68. The molecule has 0 amide bonds. The molecule has 2 aromatic heterocycles. The molecule has 0 fully saturated rings. The average Bonchev–Trinajstić information content (AvgIpc) is 2.90. The van der Waals surface area contributed by atoms with Crippen LogP contribution in [0.25, 0.3) is 16.0 Å². The van der Waals surface area contributed by atoms with Crippen molar-refractivity contribution in [3.8, 4) is 10.4 Å². The molecule has 5 nitrogen and oxygen atoms in total. The number of hydrogen-bond acceptors (Lipinski definition) is 6. The highest BCUT2D eigenvalue weighted by molar-refractivity contribution is 7.19. The van der Waals surface area contributed by atoms with E-state index in [4.69, 9.17) is 4.74 Å². The number of nitrogens with zero attached hydrogens (tertiary/aromatic N) is 2. The van der Waals surface area contributed by atoms with Crippen LogP contribution in [0.15, 0.2) is 31.1 Å². The molecule has 98 valence electrons. The number of carbonyl (C=O) groups is 1. The van der Waals surface area contributed by atoms with Gasteiger partial charge in [-0.3, -0.25) is 4.98 Å². The molecule has 0 spiro atoms. The van der Waals surface area contributed by atoms with Crippen molar-refractivity contribution >= 4 is 28.0 Å². The maximum Gasteiger partial charge on any atom is 0.339 e. The molecular formula is C13H13N3O2S. The van der Waals surface area contributed by atoms with Crippen LogP contribution in [0, 0.1) is 0 Å². The Morgan fingerprint density at radius 3 is 2.68 bits per heavy atom. The third kappa shape index (κ3) is 2.63. The lowest BCUT2D eigenvalue weighted by atomic mass is 10.1. The van der Waals surface area contributed by atoms with E-state index in [1.54, 1.807) is 19.4 Å². The molecule has 0 radical (unpaired) electrons. The monoisotopic (exact) mass is 275 g/mol. The molecule has 1 N–H and O–H groups in total. The van der Waals surface area contributed by atoms with E-state index in [9.17, 15) is 4.79 Å². The minimum atomic E-state index is -0.483. The number of pyridine rings is 1. The molecule has 0 bridgehead atoms. The highest BCUT2D eigenvalue weighted by atomic mass is 32.1. The highest BCUT2D eigenvalue weighted by Crippen LogP contribution is 2.36. The number of nitrogens with one attached hydrogen (secondary N) is 1. The molecule has 2 aromatic rings. The summed E-state index contributed by atoms with van der Waals surface area (Å²) in [5.41, 5.74) is 1.72. The van der Waals surface area contributed by atoms with Crippen LogP contribution in [-0.4, -0.2) is 30.1 Å². The predicted octanol–water partition coefficient (Wildman–Crippen LogP) is 2.43. The van der Waals surface area contributed by atoms with E-state index in [-0.39, 0.29) is 5.57 Å². The molecule has 0 unspecified atom stereocenters. The van der Waals surface area contributed by atoms with Crippen LogP contribution in [0.1, 0.15) is 5.69 Å². The van der Waals surface area contributed by atoms with Crippen LogP contribution in [0.2, 0.25) is 0 Å². The summed E-state index contributed by atoms with van der Waals surface area (Å²) in [6, 6.07) is 3.72. The quantitative estimate of drug-likeness (QED) is 0.686. The molecule has 0 aliphatic carbocycles. The third-order valence-corrected chi connectivity index (χ3v) is 3.62. The number of anilines is 1. The Balaban J connectivity index is 2.52. The minimum Gasteiger partial charge on any atom is -0.465 e. The van der Waals surface area contributed by atoms with Crippen LogP contribution >= 0.6 is 11.3 Å². The Morgan fingerprint density at radius 1 is 1.42 bits per heavy atom. The largest absolute Gasteiger partial charge is 0.465 e. The SMILES string of the molecule is C=C(C(=O)OC)c1nc(NC)sc1-c1ccncc1. The Labute approximate surface area is 115 Å². The van der Waals surface area contributed by atoms with Gasteiger partial charge in [-0.15, -0.1) is 0 Å². The molecular weight excluding hydrogens is 262 g/mol. The van der Waals surface area contributed by atoms with Gasteiger partial charge in [0.25, 0.3) is 0 Å². The van der Waals surface area contributed by atoms with Crippen molar-refractivity contribution in [2.75, 3.05) is 19.5 Å². The number of thiazole rings is 1. The number of methoxy groups -OCH3 is 1. The second-order valence-corrected chi connectivity index (χ2v) is 4.65. The predicted molar refractivity (Wildman–Crippen MR) is 75.9 cm³/mol. The lowest BCUT2D eigenvalue weighted by Crippen LogP contribution is -2.04. The smallest absolute Gasteiger partial charge is 0.339 e. The van der Waals surface area contributed by atoms with Crippen molar-refractivity contribution in [1.29, 1.82) is 0 Å². The topological polar surface area (TPSA) is 64.1 Å². The average molecular weight is 275 g/mol. The number of hydrogen-bond donors (Lipinski definition) is 1. The zero-order chi connectivity index (χ0) is 13.8. The summed E-state index contributed by atoms with van der Waals surface area (Å²) in [6.45, 7) is 3.76. The summed E-state index contributed by atoms with van der Waals surface area (Å²) in [4.78, 5) is 20.8. The number of esters is 1. The summed E-state index contributed by atoms with van der Waals surface area (Å²) in [6.07, 6.45) is 3.39. The summed E-state index contributed by atoms with van der Waals surface area (Å²) < 4.78 is 4.69. The molecule has 6 heteroatoms. The number of ether oxygens (including phenoxy) is 1. The van der Waals surface area contributed by atoms with Crippen molar-refractivity contribution in [3.63, 3.8) is 0 Å². The van der Waals surface area contributed by atoms with Gasteiger partial charge in [0.2, 0.25) is 0 Å². The maximum atomic E-state index is 11.6. The zero-order valence-electron chi connectivity index (χ0n) is 10.6. The molecule has 0 saturated heterocycles. The van der Waals surface area contributed by atoms with Gasteiger partial charge in [0, 0.05) is 19.4 Å². The standard InChI is InChI=1S/C13H13N3O2S/c1-8(12(17)18-3)10-11(19-13(14-2)16-10)9-4-6-15-7-5-9/h4-7H,1H2,2-3H3,(H,14,16). The molecule has 0 saturated carbocycles. The summed E-state index contributed by atoms with van der Waals surface area (Å²) in [5.74, 6) is -0.483. The number of carbonyl (C=O) groups excluding carboxylic acids is 1. The van der Waals surface area contributed by atoms with E-state index in [2.05, 4.69) is 21.9 Å². The van der Waals surface area contributed by atoms with E-state index < -0.39 is 5.97 Å². The van der Waals surface area contributed by atoms with Gasteiger partial charge in [0.1, 0.15) is 0 Å². The molecule has 0 aliphatic rings. The van der Waals surface area contributed by atoms with Crippen LogP contribution in [0.3, 0.4) is 0 Å². The highest BCUT2D eigenvalue weighted by Gasteiger charge is 2.20. The first-order chi connectivity index (χ1) is 9.17. The van der Waals surface area contributed by atoms with Gasteiger partial charge in [-0.2, -0.15) is 0 Å². The molecule has 2 rings (SSSR count). The van der Waals surface area contributed by atoms with Crippen molar-refractivity contribution in [2.45, 2.75) is 0 Å². The van der Waals surface area contributed by atoms with Crippen LogP contribution in [0.5, 0.6) is 0 Å². The van der Waals surface area contributed by atoms with E-state index in [1.165, 1.54) is 18.4 Å². The fourth-order valence-corrected chi connectivity index (χ4v) is 2.50. The lowest BCUT2D eigenvalue weighted by Gasteiger charge is -2.03. The lowest BCUT2D eigenvalue weighted by molar-refractivity contribution is -0.133. The summed E-state index contributed by atoms with van der Waals surface area (Å²) in [7, 11) is 3.10. The van der Waals surface area contributed by atoms with Crippen molar-refractivity contribution in [1.82, 2.24) is 9.97 Å². The maximum absolute atomic E-state index is 11.6. The molecule has 0 aliphatic heterocycles. The Morgan fingerprint density at radius 2 is 2.11 bits per heavy atom. The third-order valence-electron chi connectivity index (χ3n) is 2.50. The first-order valence-corrected chi connectivity index (χ1v) is 6.35. The fraction of sp³-hybridized carbons (Fsp3) is 0.154. The number of rotatable bonds is 4. The molecule has 19 heavy (non-hydrogen) atoms. The van der Waals surface area contributed by atoms with Crippen molar-refractivity contribution in [3.05, 3.63) is 36.8 Å². The first kappa shape index (κ1) is 13.2. The van der Waals surface area contributed by atoms with Gasteiger partial charge < -0.3 is 10.1 Å². The van der Waals surface area contributed by atoms with Gasteiger partial charge in [-0.05, 0) is 17.7 Å². The van der Waals surface area contributed by atoms with E-state index >= 15 is 0 Å². The number of aromatic nitrogens is 2. The van der Waals surface area contributed by atoms with Crippen molar-refractivity contribution in [2.24, 2.45) is 0 Å². The molecule has 2 heterocycles. The van der Waals surface area contributed by atoms with Crippen LogP contribution in [-0.2, 0) is 9.53 Å². The minimum absolute atomic E-state index is 0.243. The first-order valence-electron chi connectivity index (χ1n) is 5.54. The Kier molecular flexibility index (Phi) is 3.91. The Bertz CT molecular complexity index is 608. The zero-order valence-corrected chi connectivity index (χ0v) is 11.5. The van der Waals surface area contributed by atoms with Gasteiger partial charge in [0.15, 0.2) is 5.13 Å². The second-order valence-electron chi connectivity index (χ2n) is 3.65. The van der Waals surface area contributed by atoms with E-state index in [0.717, 1.165) is 10.4 Å². The van der Waals surface area contributed by atoms with Gasteiger partial charge >= 0.3 is 5.97 Å².